The van der Waals surface area contributed by atoms with E-state index in [0.717, 1.165) is 29.3 Å². The molecule has 0 aliphatic heterocycles. The van der Waals surface area contributed by atoms with Crippen molar-refractivity contribution >= 4 is 46.2 Å². The number of aromatic nitrogens is 1. The van der Waals surface area contributed by atoms with Gasteiger partial charge in [0.2, 0.25) is 17.6 Å². The topological polar surface area (TPSA) is 212 Å². The number of aliphatic carboxylic acids is 1. The molecular weight excluding hydrogens is 670 g/mol. The van der Waals surface area contributed by atoms with Gasteiger partial charge in [0.15, 0.2) is 12.4 Å². The zero-order valence-electron chi connectivity index (χ0n) is 29.9. The number of ketones is 2. The number of carbonyl (C=O) groups is 6. The number of aliphatic hydroxyl groups is 2. The highest BCUT2D eigenvalue weighted by atomic mass is 16.5. The molecule has 6 N–H and O–H groups in total. The Hall–Kier alpha value is -4.36. The van der Waals surface area contributed by atoms with Gasteiger partial charge in [-0.1, -0.05) is 37.6 Å². The first kappa shape index (κ1) is 37.4. The zero-order valence-corrected chi connectivity index (χ0v) is 29.9. The van der Waals surface area contributed by atoms with Crippen molar-refractivity contribution in [3.8, 4) is 0 Å². The molecule has 0 spiro atoms. The van der Waals surface area contributed by atoms with Crippen molar-refractivity contribution in [2.45, 2.75) is 109 Å². The number of rotatable bonds is 12. The molecule has 6 rings (SSSR count). The number of allylic oxidation sites excluding steroid dienone is 1. The van der Waals surface area contributed by atoms with Crippen LogP contribution in [0.3, 0.4) is 0 Å². The second-order valence-electron chi connectivity index (χ2n) is 15.8. The Kier molecular flexibility index (Phi) is 10.2. The molecule has 1 aromatic heterocycles. The SMILES string of the molecule is C[C@H](NC(=O)CCC(=O)OCC(=O)[C@@]1(O)CC[C@@H]2[C@@H]3CCC4=CC(=O)CC[C@]4(C)[C@@H]3[C@@H](O)C[C@@]21C)C(=O)N[C@@H](Cc1c[nH]c2ccccc12)C(=O)O. The number of carboxylic acid groups (broad SMARTS) is 1. The van der Waals surface area contributed by atoms with Crippen LogP contribution in [-0.4, -0.2) is 86.0 Å². The van der Waals surface area contributed by atoms with Gasteiger partial charge in [-0.3, -0.25) is 24.0 Å². The number of esters is 1. The Morgan fingerprint density at radius 2 is 1.79 bits per heavy atom. The normalized spacial score (nSPS) is 32.0. The van der Waals surface area contributed by atoms with Gasteiger partial charge < -0.3 is 35.7 Å². The molecule has 2 aromatic rings. The Labute approximate surface area is 301 Å². The van der Waals surface area contributed by atoms with Gasteiger partial charge in [-0.2, -0.15) is 0 Å². The monoisotopic (exact) mass is 719 g/mol. The molecule has 3 saturated carbocycles. The number of benzene rings is 1. The van der Waals surface area contributed by atoms with E-state index in [9.17, 15) is 44.1 Å². The molecule has 0 bridgehead atoms. The number of aliphatic hydroxyl groups excluding tert-OH is 1. The molecule has 52 heavy (non-hydrogen) atoms. The van der Waals surface area contributed by atoms with Crippen LogP contribution in [0.1, 0.15) is 84.1 Å². The first-order chi connectivity index (χ1) is 24.6. The molecule has 2 amide bonds. The van der Waals surface area contributed by atoms with E-state index in [1.54, 1.807) is 12.3 Å². The van der Waals surface area contributed by atoms with Crippen molar-refractivity contribution < 1.29 is 48.8 Å². The minimum Gasteiger partial charge on any atom is -0.480 e. The second kappa shape index (κ2) is 14.2. The molecule has 4 aliphatic rings. The molecule has 3 fully saturated rings. The Morgan fingerprint density at radius 1 is 1.04 bits per heavy atom. The number of carbonyl (C=O) groups excluding carboxylic acids is 5. The first-order valence-electron chi connectivity index (χ1n) is 18.3. The van der Waals surface area contributed by atoms with Crippen LogP contribution in [0.5, 0.6) is 0 Å². The largest absolute Gasteiger partial charge is 0.480 e. The van der Waals surface area contributed by atoms with Crippen LogP contribution in [0.25, 0.3) is 10.9 Å². The molecule has 1 heterocycles. The highest BCUT2D eigenvalue weighted by Gasteiger charge is 2.68. The molecule has 0 unspecified atom stereocenters. The van der Waals surface area contributed by atoms with Gasteiger partial charge in [0.25, 0.3) is 0 Å². The molecule has 13 nitrogen and oxygen atoms in total. The summed E-state index contributed by atoms with van der Waals surface area (Å²) >= 11 is 0. The molecule has 1 aromatic carbocycles. The maximum absolute atomic E-state index is 13.6. The number of nitrogens with one attached hydrogen (secondary N) is 3. The third kappa shape index (κ3) is 6.68. The van der Waals surface area contributed by atoms with Crippen LogP contribution >= 0.6 is 0 Å². The fourth-order valence-electron chi connectivity index (χ4n) is 10.1. The lowest BCUT2D eigenvalue weighted by Crippen LogP contribution is -2.62. The summed E-state index contributed by atoms with van der Waals surface area (Å²) in [6.07, 6.45) is 5.61. The Bertz CT molecular complexity index is 1820. The van der Waals surface area contributed by atoms with Crippen LogP contribution in [-0.2, 0) is 39.9 Å². The van der Waals surface area contributed by atoms with E-state index in [1.165, 1.54) is 6.92 Å². The number of hydrogen-bond donors (Lipinski definition) is 6. The third-order valence-corrected chi connectivity index (χ3v) is 12.9. The average molecular weight is 720 g/mol. The van der Waals surface area contributed by atoms with Crippen molar-refractivity contribution in [3.05, 3.63) is 47.7 Å². The summed E-state index contributed by atoms with van der Waals surface area (Å²) < 4.78 is 5.22. The van der Waals surface area contributed by atoms with E-state index >= 15 is 0 Å². The highest BCUT2D eigenvalue weighted by molar-refractivity contribution is 5.93. The third-order valence-electron chi connectivity index (χ3n) is 12.9. The standard InChI is InChI=1S/C39H49N3O10/c1-21(35(48)42-29(36(49)50)16-22-19-40-28-7-5-4-6-25(22)28)41-32(46)10-11-33(47)52-20-31(45)39(51)15-13-27-26-9-8-23-17-24(43)12-14-37(23,2)34(26)30(44)18-38(27,39)3/h4-7,17,19,21,26-27,29-30,34,40,44,51H,8-16,18,20H2,1-3H3,(H,41,46)(H,42,48)(H,49,50)/t21-,26-,27+,29-,30-,34-,37-,38-,39-/m0/s1. The van der Waals surface area contributed by atoms with E-state index < -0.39 is 65.3 Å². The van der Waals surface area contributed by atoms with Gasteiger partial charge >= 0.3 is 11.9 Å². The summed E-state index contributed by atoms with van der Waals surface area (Å²) in [4.78, 5) is 78.7. The molecular formula is C39H49N3O10. The van der Waals surface area contributed by atoms with Crippen LogP contribution in [0.2, 0.25) is 0 Å². The van der Waals surface area contributed by atoms with Crippen molar-refractivity contribution in [3.63, 3.8) is 0 Å². The minimum absolute atomic E-state index is 0.0218. The lowest BCUT2D eigenvalue weighted by atomic mass is 9.45. The van der Waals surface area contributed by atoms with Crippen molar-refractivity contribution in [1.29, 1.82) is 0 Å². The molecule has 0 saturated heterocycles. The van der Waals surface area contributed by atoms with E-state index in [0.29, 0.717) is 24.8 Å². The number of para-hydroxylation sites is 1. The van der Waals surface area contributed by atoms with E-state index in [-0.39, 0.29) is 61.1 Å². The zero-order chi connectivity index (χ0) is 37.6. The lowest BCUT2D eigenvalue weighted by Gasteiger charge is -2.60. The predicted octanol–water partition coefficient (Wildman–Crippen LogP) is 2.91. The number of Topliss-reactive ketones (excluding diaryl/α,β-unsaturated/α-hetero) is 1. The Morgan fingerprint density at radius 3 is 2.54 bits per heavy atom. The fraction of sp³-hybridized carbons (Fsp3) is 0.590. The number of carboxylic acids is 1. The number of ether oxygens (including phenoxy) is 1. The quantitative estimate of drug-likeness (QED) is 0.177. The summed E-state index contributed by atoms with van der Waals surface area (Å²) in [6, 6.07) is 5.04. The second-order valence-corrected chi connectivity index (χ2v) is 15.8. The van der Waals surface area contributed by atoms with Crippen LogP contribution in [0, 0.1) is 28.6 Å². The predicted molar refractivity (Wildman–Crippen MR) is 187 cm³/mol. The molecule has 13 heteroatoms. The number of H-pyrrole nitrogens is 1. The van der Waals surface area contributed by atoms with Gasteiger partial charge in [0.05, 0.1) is 12.5 Å². The van der Waals surface area contributed by atoms with Crippen molar-refractivity contribution in [2.24, 2.45) is 28.6 Å². The van der Waals surface area contributed by atoms with Crippen molar-refractivity contribution in [2.75, 3.05) is 6.61 Å². The molecule has 9 atom stereocenters. The van der Waals surface area contributed by atoms with Crippen LogP contribution in [0.4, 0.5) is 0 Å². The number of amides is 2. The minimum atomic E-state index is -1.80. The van der Waals surface area contributed by atoms with Gasteiger partial charge in [-0.25, -0.2) is 4.79 Å². The maximum atomic E-state index is 13.6. The van der Waals surface area contributed by atoms with Gasteiger partial charge in [0.1, 0.15) is 17.7 Å². The maximum Gasteiger partial charge on any atom is 0.326 e. The van der Waals surface area contributed by atoms with Crippen LogP contribution < -0.4 is 10.6 Å². The molecule has 4 aliphatic carbocycles. The van der Waals surface area contributed by atoms with E-state index in [1.807, 2.05) is 31.2 Å². The van der Waals surface area contributed by atoms with Crippen molar-refractivity contribution in [1.82, 2.24) is 15.6 Å². The number of hydrogen-bond acceptors (Lipinski definition) is 9. The summed E-state index contributed by atoms with van der Waals surface area (Å²) in [5, 5.41) is 39.0. The van der Waals surface area contributed by atoms with E-state index in [4.69, 9.17) is 4.74 Å². The van der Waals surface area contributed by atoms with E-state index in [2.05, 4.69) is 22.5 Å². The molecule has 0 radical (unpaired) electrons. The van der Waals surface area contributed by atoms with Gasteiger partial charge in [-0.15, -0.1) is 0 Å². The molecule has 280 valence electrons. The lowest BCUT2D eigenvalue weighted by molar-refractivity contribution is -0.184. The number of aromatic amines is 1. The summed E-state index contributed by atoms with van der Waals surface area (Å²) in [5.74, 6) is -3.96. The first-order valence-corrected chi connectivity index (χ1v) is 18.3. The Balaban J connectivity index is 0.978. The van der Waals surface area contributed by atoms with Gasteiger partial charge in [0, 0.05) is 41.8 Å². The average Bonchev–Trinajstić information content (AvgIpc) is 3.63. The highest BCUT2D eigenvalue weighted by Crippen LogP contribution is 2.67. The summed E-state index contributed by atoms with van der Waals surface area (Å²) in [5.41, 5.74) is -0.382. The summed E-state index contributed by atoms with van der Waals surface area (Å²) in [7, 11) is 0. The van der Waals surface area contributed by atoms with Gasteiger partial charge in [-0.05, 0) is 86.3 Å². The van der Waals surface area contributed by atoms with Crippen LogP contribution in [0.15, 0.2) is 42.1 Å². The summed E-state index contributed by atoms with van der Waals surface area (Å²) in [6.45, 7) is 4.71. The number of fused-ring (bicyclic) bond motifs is 6. The fourth-order valence-corrected chi connectivity index (χ4v) is 10.1. The smallest absolute Gasteiger partial charge is 0.326 e.